The average molecular weight is 428 g/mol. The van der Waals surface area contributed by atoms with Crippen LogP contribution in [0.5, 0.6) is 0 Å². The highest BCUT2D eigenvalue weighted by atomic mass is 32.1. The predicted octanol–water partition coefficient (Wildman–Crippen LogP) is 4.44. The first-order valence-corrected chi connectivity index (χ1v) is 11.1. The first kappa shape index (κ1) is 19.5. The lowest BCUT2D eigenvalue weighted by atomic mass is 9.99. The van der Waals surface area contributed by atoms with Crippen molar-refractivity contribution in [3.8, 4) is 10.4 Å². The van der Waals surface area contributed by atoms with Crippen LogP contribution in [0.1, 0.15) is 12.0 Å². The van der Waals surface area contributed by atoms with Crippen molar-refractivity contribution in [2.45, 2.75) is 13.0 Å². The van der Waals surface area contributed by atoms with E-state index in [0.717, 1.165) is 16.9 Å². The molecule has 0 saturated heterocycles. The van der Waals surface area contributed by atoms with Crippen LogP contribution >= 0.6 is 11.3 Å². The SMILES string of the molecule is O=C(Cn1cnc2sc(-c3ccccc3)cc2c1=O)N1CC=C(c2ccccc2)CC1. The van der Waals surface area contributed by atoms with E-state index in [1.165, 1.54) is 33.4 Å². The lowest BCUT2D eigenvalue weighted by Crippen LogP contribution is -2.38. The first-order chi connectivity index (χ1) is 15.2. The monoisotopic (exact) mass is 427 g/mol. The van der Waals surface area contributed by atoms with Crippen molar-refractivity contribution in [2.24, 2.45) is 0 Å². The molecule has 6 heteroatoms. The minimum absolute atomic E-state index is 0.00675. The van der Waals surface area contributed by atoms with Gasteiger partial charge in [-0.05, 0) is 29.2 Å². The van der Waals surface area contributed by atoms with Gasteiger partial charge < -0.3 is 4.90 Å². The molecule has 1 aliphatic heterocycles. The Kier molecular flexibility index (Phi) is 5.22. The second-order valence-corrected chi connectivity index (χ2v) is 8.59. The fourth-order valence-corrected chi connectivity index (χ4v) is 4.87. The van der Waals surface area contributed by atoms with E-state index in [2.05, 4.69) is 23.2 Å². The number of hydrogen-bond acceptors (Lipinski definition) is 4. The van der Waals surface area contributed by atoms with E-state index < -0.39 is 0 Å². The van der Waals surface area contributed by atoms with E-state index in [1.54, 1.807) is 4.90 Å². The second-order valence-electron chi connectivity index (χ2n) is 7.56. The van der Waals surface area contributed by atoms with Gasteiger partial charge in [0.1, 0.15) is 11.4 Å². The molecule has 5 rings (SSSR count). The molecule has 31 heavy (non-hydrogen) atoms. The Hall–Kier alpha value is -3.51. The van der Waals surface area contributed by atoms with Crippen molar-refractivity contribution in [3.63, 3.8) is 0 Å². The topological polar surface area (TPSA) is 55.2 Å². The van der Waals surface area contributed by atoms with Crippen molar-refractivity contribution in [2.75, 3.05) is 13.1 Å². The molecule has 0 bridgehead atoms. The molecule has 1 aliphatic rings. The standard InChI is InChI=1S/C25H21N3O2S/c29-23(27-13-11-19(12-14-27)18-7-3-1-4-8-18)16-28-17-26-24-21(25(28)30)15-22(31-24)20-9-5-2-6-10-20/h1-11,15,17H,12-14,16H2. The molecule has 3 heterocycles. The lowest BCUT2D eigenvalue weighted by molar-refractivity contribution is -0.131. The van der Waals surface area contributed by atoms with Crippen LogP contribution < -0.4 is 5.56 Å². The normalized spacial score (nSPS) is 13.9. The van der Waals surface area contributed by atoms with E-state index >= 15 is 0 Å². The zero-order valence-corrected chi connectivity index (χ0v) is 17.7. The molecule has 5 nitrogen and oxygen atoms in total. The summed E-state index contributed by atoms with van der Waals surface area (Å²) in [5.74, 6) is -0.0647. The molecule has 0 aliphatic carbocycles. The maximum absolute atomic E-state index is 13.0. The fourth-order valence-electron chi connectivity index (χ4n) is 3.87. The summed E-state index contributed by atoms with van der Waals surface area (Å²) in [4.78, 5) is 33.7. The third-order valence-electron chi connectivity index (χ3n) is 5.59. The number of hydrogen-bond donors (Lipinski definition) is 0. The molecule has 2 aromatic heterocycles. The highest BCUT2D eigenvalue weighted by Crippen LogP contribution is 2.30. The Morgan fingerprint density at radius 1 is 1.00 bits per heavy atom. The molecule has 0 N–H and O–H groups in total. The van der Waals surface area contributed by atoms with E-state index in [1.807, 2.05) is 54.6 Å². The van der Waals surface area contributed by atoms with Crippen LogP contribution in [-0.4, -0.2) is 33.4 Å². The largest absolute Gasteiger partial charge is 0.337 e. The van der Waals surface area contributed by atoms with Crippen LogP contribution in [0.25, 0.3) is 26.2 Å². The predicted molar refractivity (Wildman–Crippen MR) is 125 cm³/mol. The zero-order chi connectivity index (χ0) is 21.2. The van der Waals surface area contributed by atoms with Gasteiger partial charge in [-0.2, -0.15) is 0 Å². The number of rotatable bonds is 4. The van der Waals surface area contributed by atoms with Gasteiger partial charge in [0.15, 0.2) is 0 Å². The van der Waals surface area contributed by atoms with Gasteiger partial charge in [0.2, 0.25) is 5.91 Å². The average Bonchev–Trinajstić information content (AvgIpc) is 3.27. The van der Waals surface area contributed by atoms with Crippen LogP contribution in [0.15, 0.2) is 83.9 Å². The van der Waals surface area contributed by atoms with E-state index in [4.69, 9.17) is 0 Å². The van der Waals surface area contributed by atoms with Crippen molar-refractivity contribution in [3.05, 3.63) is 95.1 Å². The molecular weight excluding hydrogens is 406 g/mol. The van der Waals surface area contributed by atoms with Crippen LogP contribution in [-0.2, 0) is 11.3 Å². The number of fused-ring (bicyclic) bond motifs is 1. The van der Waals surface area contributed by atoms with Crippen molar-refractivity contribution < 1.29 is 4.79 Å². The molecule has 1 amide bonds. The Morgan fingerprint density at radius 3 is 2.39 bits per heavy atom. The quantitative estimate of drug-likeness (QED) is 0.484. The molecule has 0 radical (unpaired) electrons. The summed E-state index contributed by atoms with van der Waals surface area (Å²) < 4.78 is 1.42. The minimum Gasteiger partial charge on any atom is -0.337 e. The molecule has 0 spiro atoms. The van der Waals surface area contributed by atoms with Gasteiger partial charge in [-0.3, -0.25) is 14.2 Å². The van der Waals surface area contributed by atoms with E-state index in [-0.39, 0.29) is 18.0 Å². The molecule has 0 atom stereocenters. The third-order valence-corrected chi connectivity index (χ3v) is 6.68. The Bertz CT molecular complexity index is 1320. The Labute approximate surface area is 183 Å². The van der Waals surface area contributed by atoms with Gasteiger partial charge in [-0.15, -0.1) is 11.3 Å². The summed E-state index contributed by atoms with van der Waals surface area (Å²) in [6, 6.07) is 22.0. The molecule has 0 saturated carbocycles. The van der Waals surface area contributed by atoms with Gasteiger partial charge in [0, 0.05) is 18.0 Å². The van der Waals surface area contributed by atoms with Gasteiger partial charge in [-0.1, -0.05) is 66.7 Å². The number of aromatic nitrogens is 2. The highest BCUT2D eigenvalue weighted by Gasteiger charge is 2.19. The van der Waals surface area contributed by atoms with Crippen LogP contribution in [0.3, 0.4) is 0 Å². The van der Waals surface area contributed by atoms with Crippen LogP contribution in [0, 0.1) is 0 Å². The molecule has 0 fully saturated rings. The smallest absolute Gasteiger partial charge is 0.262 e. The lowest BCUT2D eigenvalue weighted by Gasteiger charge is -2.27. The molecule has 4 aromatic rings. The maximum atomic E-state index is 13.0. The highest BCUT2D eigenvalue weighted by molar-refractivity contribution is 7.21. The van der Waals surface area contributed by atoms with Gasteiger partial charge in [0.05, 0.1) is 11.7 Å². The summed E-state index contributed by atoms with van der Waals surface area (Å²) in [7, 11) is 0. The Morgan fingerprint density at radius 2 is 1.71 bits per heavy atom. The van der Waals surface area contributed by atoms with E-state index in [0.29, 0.717) is 23.3 Å². The summed E-state index contributed by atoms with van der Waals surface area (Å²) in [5.41, 5.74) is 3.35. The van der Waals surface area contributed by atoms with Gasteiger partial charge in [-0.25, -0.2) is 4.98 Å². The number of amides is 1. The molecule has 154 valence electrons. The molecule has 2 aromatic carbocycles. The third kappa shape index (κ3) is 3.94. The number of nitrogens with zero attached hydrogens (tertiary/aromatic N) is 3. The summed E-state index contributed by atoms with van der Waals surface area (Å²) >= 11 is 1.49. The molecule has 0 unspecified atom stereocenters. The first-order valence-electron chi connectivity index (χ1n) is 10.3. The summed E-state index contributed by atoms with van der Waals surface area (Å²) in [6.45, 7) is 1.22. The number of carbonyl (C=O) groups is 1. The zero-order valence-electron chi connectivity index (χ0n) is 16.9. The summed E-state index contributed by atoms with van der Waals surface area (Å²) in [5, 5.41) is 0.559. The maximum Gasteiger partial charge on any atom is 0.262 e. The Balaban J connectivity index is 1.34. The van der Waals surface area contributed by atoms with Gasteiger partial charge in [0.25, 0.3) is 5.56 Å². The van der Waals surface area contributed by atoms with Crippen molar-refractivity contribution in [1.82, 2.24) is 14.5 Å². The fraction of sp³-hybridized carbons (Fsp3) is 0.160. The van der Waals surface area contributed by atoms with E-state index in [9.17, 15) is 9.59 Å². The number of benzene rings is 2. The van der Waals surface area contributed by atoms with Crippen molar-refractivity contribution >= 4 is 33.0 Å². The summed E-state index contributed by atoms with van der Waals surface area (Å²) in [6.07, 6.45) is 4.40. The van der Waals surface area contributed by atoms with Gasteiger partial charge >= 0.3 is 0 Å². The number of carbonyl (C=O) groups excluding carboxylic acids is 1. The number of thiophene rings is 1. The van der Waals surface area contributed by atoms with Crippen LogP contribution in [0.2, 0.25) is 0 Å². The van der Waals surface area contributed by atoms with Crippen molar-refractivity contribution in [1.29, 1.82) is 0 Å². The molecular formula is C25H21N3O2S. The minimum atomic E-state index is -0.172. The second kappa shape index (κ2) is 8.32. The van der Waals surface area contributed by atoms with Crippen LogP contribution in [0.4, 0.5) is 0 Å².